The summed E-state index contributed by atoms with van der Waals surface area (Å²) >= 11 is 13.6. The van der Waals surface area contributed by atoms with Crippen LogP contribution >= 0.6 is 34.5 Å². The summed E-state index contributed by atoms with van der Waals surface area (Å²) in [6.45, 7) is 0. The fourth-order valence-electron chi connectivity index (χ4n) is 3.44. The molecule has 1 saturated carbocycles. The SMILES string of the molecule is N#Cc1c(NC2CCCC2)sc(Cc2cc(-c3ccc(Cl)c(Cl)c3)no2)c1N. The second-order valence-electron chi connectivity index (χ2n) is 6.86. The van der Waals surface area contributed by atoms with Gasteiger partial charge in [-0.2, -0.15) is 5.26 Å². The number of hydrogen-bond donors (Lipinski definition) is 2. The van der Waals surface area contributed by atoms with Crippen LogP contribution in [0.4, 0.5) is 10.7 Å². The van der Waals surface area contributed by atoms with E-state index in [1.54, 1.807) is 12.1 Å². The third kappa shape index (κ3) is 3.83. The van der Waals surface area contributed by atoms with Gasteiger partial charge in [-0.05, 0) is 25.0 Å². The van der Waals surface area contributed by atoms with Crippen LogP contribution in [-0.4, -0.2) is 11.2 Å². The number of nitrogens with zero attached hydrogens (tertiary/aromatic N) is 2. The van der Waals surface area contributed by atoms with Gasteiger partial charge in [0.1, 0.15) is 28.1 Å². The van der Waals surface area contributed by atoms with Gasteiger partial charge in [-0.1, -0.05) is 47.3 Å². The van der Waals surface area contributed by atoms with Gasteiger partial charge in [0.15, 0.2) is 0 Å². The molecule has 5 nitrogen and oxygen atoms in total. The Kier molecular flexibility index (Phi) is 5.49. The van der Waals surface area contributed by atoms with Crippen molar-refractivity contribution in [1.82, 2.24) is 5.16 Å². The molecule has 4 rings (SSSR count). The molecule has 0 unspecified atom stereocenters. The highest BCUT2D eigenvalue weighted by Crippen LogP contribution is 2.38. The zero-order valence-electron chi connectivity index (χ0n) is 15.0. The van der Waals surface area contributed by atoms with E-state index in [2.05, 4.69) is 16.5 Å². The number of rotatable bonds is 5. The molecule has 3 aromatic rings. The highest BCUT2D eigenvalue weighted by atomic mass is 35.5. The predicted molar refractivity (Wildman–Crippen MR) is 114 cm³/mol. The summed E-state index contributed by atoms with van der Waals surface area (Å²) in [5, 5.41) is 19.0. The van der Waals surface area contributed by atoms with E-state index in [1.807, 2.05) is 12.1 Å². The lowest BCUT2D eigenvalue weighted by Crippen LogP contribution is -2.14. The summed E-state index contributed by atoms with van der Waals surface area (Å²) in [4.78, 5) is 0.897. The number of benzene rings is 1. The Morgan fingerprint density at radius 2 is 2.04 bits per heavy atom. The fourth-order valence-corrected chi connectivity index (χ4v) is 4.89. The number of halogens is 2. The summed E-state index contributed by atoms with van der Waals surface area (Å²) in [5.74, 6) is 0.672. The predicted octanol–water partition coefficient (Wildman–Crippen LogP) is 6.11. The molecule has 0 bridgehead atoms. The summed E-state index contributed by atoms with van der Waals surface area (Å²) in [6.07, 6.45) is 5.19. The molecule has 8 heteroatoms. The number of nitrogens with one attached hydrogen (secondary N) is 1. The van der Waals surface area contributed by atoms with Crippen LogP contribution in [-0.2, 0) is 6.42 Å². The molecular weight excluding hydrogens is 415 g/mol. The molecule has 1 fully saturated rings. The number of nitriles is 1. The van der Waals surface area contributed by atoms with Gasteiger partial charge in [-0.25, -0.2) is 0 Å². The first-order valence-corrected chi connectivity index (χ1v) is 10.6. The van der Waals surface area contributed by atoms with Crippen LogP contribution in [0, 0.1) is 11.3 Å². The number of nitrogens with two attached hydrogens (primary N) is 1. The first-order chi connectivity index (χ1) is 13.5. The van der Waals surface area contributed by atoms with Crippen molar-refractivity contribution in [2.45, 2.75) is 38.1 Å². The summed E-state index contributed by atoms with van der Waals surface area (Å²) in [5.41, 5.74) is 8.78. The lowest BCUT2D eigenvalue weighted by atomic mass is 10.1. The van der Waals surface area contributed by atoms with Gasteiger partial charge >= 0.3 is 0 Å². The second-order valence-corrected chi connectivity index (χ2v) is 8.78. The van der Waals surface area contributed by atoms with Gasteiger partial charge in [-0.3, -0.25) is 0 Å². The van der Waals surface area contributed by atoms with Crippen molar-refractivity contribution in [3.8, 4) is 17.3 Å². The molecule has 0 spiro atoms. The summed E-state index contributed by atoms with van der Waals surface area (Å²) in [6, 6.07) is 9.83. The van der Waals surface area contributed by atoms with Crippen molar-refractivity contribution in [2.75, 3.05) is 11.1 Å². The van der Waals surface area contributed by atoms with Crippen molar-refractivity contribution in [1.29, 1.82) is 5.26 Å². The smallest absolute Gasteiger partial charge is 0.142 e. The van der Waals surface area contributed by atoms with Gasteiger partial charge < -0.3 is 15.6 Å². The van der Waals surface area contributed by atoms with Crippen molar-refractivity contribution in [3.63, 3.8) is 0 Å². The number of hydrogen-bond acceptors (Lipinski definition) is 6. The van der Waals surface area contributed by atoms with Crippen LogP contribution in [0.15, 0.2) is 28.8 Å². The fraction of sp³-hybridized carbons (Fsp3) is 0.300. The normalized spacial score (nSPS) is 14.3. The molecule has 1 aliphatic rings. The van der Waals surface area contributed by atoms with Crippen molar-refractivity contribution in [3.05, 3.63) is 50.5 Å². The highest BCUT2D eigenvalue weighted by molar-refractivity contribution is 7.17. The molecule has 28 heavy (non-hydrogen) atoms. The van der Waals surface area contributed by atoms with E-state index in [0.717, 1.165) is 28.3 Å². The molecule has 2 heterocycles. The number of nitrogen functional groups attached to an aromatic ring is 1. The lowest BCUT2D eigenvalue weighted by molar-refractivity contribution is 0.392. The first-order valence-electron chi connectivity index (χ1n) is 9.04. The van der Waals surface area contributed by atoms with E-state index in [4.69, 9.17) is 33.5 Å². The average molecular weight is 433 g/mol. The largest absolute Gasteiger partial charge is 0.397 e. The molecule has 3 N–H and O–H groups in total. The lowest BCUT2D eigenvalue weighted by Gasteiger charge is -2.11. The Hall–Kier alpha value is -2.20. The van der Waals surface area contributed by atoms with Gasteiger partial charge in [0, 0.05) is 29.0 Å². The van der Waals surface area contributed by atoms with Gasteiger partial charge in [0.2, 0.25) is 0 Å². The molecular formula is C20H18Cl2N4OS. The van der Waals surface area contributed by atoms with E-state index in [1.165, 1.54) is 24.2 Å². The van der Waals surface area contributed by atoms with E-state index in [9.17, 15) is 5.26 Å². The van der Waals surface area contributed by atoms with Gasteiger partial charge in [-0.15, -0.1) is 11.3 Å². The Balaban J connectivity index is 1.56. The molecule has 144 valence electrons. The number of anilines is 2. The van der Waals surface area contributed by atoms with Crippen LogP contribution in [0.1, 0.15) is 41.9 Å². The van der Waals surface area contributed by atoms with Crippen LogP contribution in [0.3, 0.4) is 0 Å². The monoisotopic (exact) mass is 432 g/mol. The maximum Gasteiger partial charge on any atom is 0.142 e. The first kappa shape index (κ1) is 19.1. The molecule has 0 atom stereocenters. The minimum atomic E-state index is 0.421. The highest BCUT2D eigenvalue weighted by Gasteiger charge is 2.22. The Morgan fingerprint density at radius 1 is 1.25 bits per heavy atom. The Bertz CT molecular complexity index is 1050. The minimum Gasteiger partial charge on any atom is -0.397 e. The number of thiophene rings is 1. The van der Waals surface area contributed by atoms with Crippen LogP contribution in [0.5, 0.6) is 0 Å². The second kappa shape index (κ2) is 8.04. The maximum absolute atomic E-state index is 9.53. The zero-order valence-corrected chi connectivity index (χ0v) is 17.3. The van der Waals surface area contributed by atoms with E-state index >= 15 is 0 Å². The molecule has 0 aliphatic heterocycles. The van der Waals surface area contributed by atoms with Crippen LogP contribution < -0.4 is 11.1 Å². The van der Waals surface area contributed by atoms with Crippen molar-refractivity contribution >= 4 is 45.2 Å². The summed E-state index contributed by atoms with van der Waals surface area (Å²) < 4.78 is 5.49. The molecule has 0 saturated heterocycles. The quantitative estimate of drug-likeness (QED) is 0.507. The van der Waals surface area contributed by atoms with Crippen LogP contribution in [0.25, 0.3) is 11.3 Å². The summed E-state index contributed by atoms with van der Waals surface area (Å²) in [7, 11) is 0. The maximum atomic E-state index is 9.53. The standard InChI is InChI=1S/C20H18Cl2N4OS/c21-15-6-5-11(7-16(15)22)17-8-13(27-26-17)9-18-19(24)14(10-23)20(28-18)25-12-3-1-2-4-12/h5-8,12,25H,1-4,9,24H2. The van der Waals surface area contributed by atoms with E-state index < -0.39 is 0 Å². The van der Waals surface area contributed by atoms with E-state index in [-0.39, 0.29) is 0 Å². The van der Waals surface area contributed by atoms with Crippen LogP contribution in [0.2, 0.25) is 10.0 Å². The third-order valence-electron chi connectivity index (χ3n) is 4.93. The van der Waals surface area contributed by atoms with Gasteiger partial charge in [0.05, 0.1) is 15.7 Å². The third-order valence-corrected chi connectivity index (χ3v) is 6.81. The van der Waals surface area contributed by atoms with Crippen molar-refractivity contribution in [2.24, 2.45) is 0 Å². The number of aromatic nitrogens is 1. The molecule has 2 aromatic heterocycles. The molecule has 1 aliphatic carbocycles. The minimum absolute atomic E-state index is 0.421. The van der Waals surface area contributed by atoms with Gasteiger partial charge in [0.25, 0.3) is 0 Å². The van der Waals surface area contributed by atoms with Crippen molar-refractivity contribution < 1.29 is 4.52 Å². The Labute approximate surface area is 177 Å². The zero-order chi connectivity index (χ0) is 19.7. The molecule has 0 amide bonds. The average Bonchev–Trinajstić information content (AvgIpc) is 3.41. The Morgan fingerprint density at radius 3 is 2.75 bits per heavy atom. The molecule has 0 radical (unpaired) electrons. The molecule has 1 aromatic carbocycles. The topological polar surface area (TPSA) is 87.9 Å². The van der Waals surface area contributed by atoms with E-state index in [0.29, 0.717) is 45.2 Å².